The van der Waals surface area contributed by atoms with E-state index in [4.69, 9.17) is 0 Å². The minimum Gasteiger partial charge on any atom is -0.389 e. The highest BCUT2D eigenvalue weighted by Crippen LogP contribution is 2.45. The summed E-state index contributed by atoms with van der Waals surface area (Å²) in [5, 5.41) is 10.8. The lowest BCUT2D eigenvalue weighted by Gasteiger charge is -2.45. The summed E-state index contributed by atoms with van der Waals surface area (Å²) in [5.41, 5.74) is 0.973. The smallest absolute Gasteiger partial charge is 0.0714 e. The van der Waals surface area contributed by atoms with Crippen molar-refractivity contribution in [2.24, 2.45) is 11.3 Å². The lowest BCUT2D eigenvalue weighted by atomic mass is 9.64. The Bertz CT molecular complexity index is 374. The van der Waals surface area contributed by atoms with Crippen LogP contribution in [-0.4, -0.2) is 15.7 Å². The lowest BCUT2D eigenvalue weighted by molar-refractivity contribution is -0.0704. The fraction of sp³-hybridized carbons (Fsp3) is 0.667. The lowest BCUT2D eigenvalue weighted by Crippen LogP contribution is -2.45. The third-order valence-electron chi connectivity index (χ3n) is 4.24. The van der Waals surface area contributed by atoms with Crippen LogP contribution in [0.3, 0.4) is 0 Å². The van der Waals surface area contributed by atoms with Crippen molar-refractivity contribution in [1.29, 1.82) is 0 Å². The van der Waals surface area contributed by atoms with Gasteiger partial charge in [-0.15, -0.1) is 0 Å². The number of hydrogen-bond donors (Lipinski definition) is 1. The van der Waals surface area contributed by atoms with Gasteiger partial charge in [0, 0.05) is 18.8 Å². The molecule has 0 saturated heterocycles. The Morgan fingerprint density at radius 1 is 1.41 bits per heavy atom. The fourth-order valence-electron chi connectivity index (χ4n) is 3.04. The van der Waals surface area contributed by atoms with Gasteiger partial charge >= 0.3 is 0 Å². The second kappa shape index (κ2) is 4.41. The molecule has 2 nitrogen and oxygen atoms in total. The van der Waals surface area contributed by atoms with Crippen molar-refractivity contribution in [3.05, 3.63) is 30.1 Å². The first-order valence-electron chi connectivity index (χ1n) is 6.53. The quantitative estimate of drug-likeness (QED) is 0.851. The third-order valence-corrected chi connectivity index (χ3v) is 4.24. The van der Waals surface area contributed by atoms with Crippen LogP contribution in [0.1, 0.15) is 45.6 Å². The van der Waals surface area contributed by atoms with Crippen LogP contribution in [0.25, 0.3) is 0 Å². The monoisotopic (exact) mass is 233 g/mol. The van der Waals surface area contributed by atoms with Gasteiger partial charge in [-0.25, -0.2) is 0 Å². The van der Waals surface area contributed by atoms with Crippen molar-refractivity contribution in [2.45, 2.75) is 52.1 Å². The van der Waals surface area contributed by atoms with Crippen molar-refractivity contribution in [2.75, 3.05) is 0 Å². The Kier molecular flexibility index (Phi) is 3.26. The summed E-state index contributed by atoms with van der Waals surface area (Å²) in [5.74, 6) is 0.353. The molecule has 2 heteroatoms. The summed E-state index contributed by atoms with van der Waals surface area (Å²) >= 11 is 0. The second-order valence-electron chi connectivity index (χ2n) is 6.41. The van der Waals surface area contributed by atoms with Crippen molar-refractivity contribution in [1.82, 2.24) is 4.98 Å². The van der Waals surface area contributed by atoms with Crippen LogP contribution < -0.4 is 0 Å². The molecule has 1 fully saturated rings. The second-order valence-corrected chi connectivity index (χ2v) is 6.41. The average Bonchev–Trinajstić information content (AvgIpc) is 2.26. The maximum atomic E-state index is 10.8. The highest BCUT2D eigenvalue weighted by Gasteiger charge is 2.42. The Morgan fingerprint density at radius 3 is 2.76 bits per heavy atom. The first-order valence-corrected chi connectivity index (χ1v) is 6.53. The highest BCUT2D eigenvalue weighted by molar-refractivity contribution is 5.13. The molecular weight excluding hydrogens is 210 g/mol. The molecular formula is C15H23NO. The maximum Gasteiger partial charge on any atom is 0.0714 e. The van der Waals surface area contributed by atoms with E-state index in [0.717, 1.165) is 31.2 Å². The van der Waals surface area contributed by atoms with Crippen LogP contribution in [0.4, 0.5) is 0 Å². The van der Waals surface area contributed by atoms with Crippen LogP contribution in [-0.2, 0) is 6.42 Å². The summed E-state index contributed by atoms with van der Waals surface area (Å²) in [6.07, 6.45) is 7.48. The van der Waals surface area contributed by atoms with Gasteiger partial charge in [-0.2, -0.15) is 0 Å². The Balaban J connectivity index is 2.10. The molecule has 1 saturated carbocycles. The van der Waals surface area contributed by atoms with Gasteiger partial charge < -0.3 is 5.11 Å². The van der Waals surface area contributed by atoms with Gasteiger partial charge in [0.1, 0.15) is 0 Å². The van der Waals surface area contributed by atoms with Gasteiger partial charge in [0.15, 0.2) is 0 Å². The van der Waals surface area contributed by atoms with E-state index < -0.39 is 5.60 Å². The van der Waals surface area contributed by atoms with Crippen molar-refractivity contribution in [3.63, 3.8) is 0 Å². The molecule has 0 amide bonds. The Labute approximate surface area is 104 Å². The molecule has 1 aromatic heterocycles. The van der Waals surface area contributed by atoms with E-state index in [9.17, 15) is 5.11 Å². The normalized spacial score (nSPS) is 32.4. The fourth-order valence-corrected chi connectivity index (χ4v) is 3.04. The molecule has 1 aromatic rings. The van der Waals surface area contributed by atoms with Crippen molar-refractivity contribution in [3.8, 4) is 0 Å². The van der Waals surface area contributed by atoms with Gasteiger partial charge in [-0.3, -0.25) is 4.98 Å². The van der Waals surface area contributed by atoms with Crippen LogP contribution in [0.15, 0.2) is 24.5 Å². The van der Waals surface area contributed by atoms with Crippen LogP contribution in [0.5, 0.6) is 0 Å². The minimum absolute atomic E-state index is 0.353. The molecule has 0 radical (unpaired) electrons. The number of hydrogen-bond acceptors (Lipinski definition) is 2. The van der Waals surface area contributed by atoms with E-state index in [2.05, 4.69) is 31.8 Å². The van der Waals surface area contributed by atoms with Crippen LogP contribution >= 0.6 is 0 Å². The van der Waals surface area contributed by atoms with Gasteiger partial charge in [0.05, 0.1) is 5.60 Å². The van der Waals surface area contributed by atoms with Crippen LogP contribution in [0, 0.1) is 11.3 Å². The van der Waals surface area contributed by atoms with E-state index in [0.29, 0.717) is 11.3 Å². The van der Waals surface area contributed by atoms with E-state index in [1.54, 1.807) is 6.20 Å². The van der Waals surface area contributed by atoms with E-state index in [1.807, 2.05) is 12.3 Å². The van der Waals surface area contributed by atoms with E-state index >= 15 is 0 Å². The maximum absolute atomic E-state index is 10.8. The molecule has 1 aliphatic rings. The largest absolute Gasteiger partial charge is 0.389 e. The van der Waals surface area contributed by atoms with Gasteiger partial charge in [-0.05, 0) is 42.2 Å². The first kappa shape index (κ1) is 12.6. The summed E-state index contributed by atoms with van der Waals surface area (Å²) in [4.78, 5) is 4.12. The molecule has 2 rings (SSSR count). The van der Waals surface area contributed by atoms with Gasteiger partial charge in [0.25, 0.3) is 0 Å². The number of nitrogens with zero attached hydrogens (tertiary/aromatic N) is 1. The first-order chi connectivity index (χ1) is 7.91. The highest BCUT2D eigenvalue weighted by atomic mass is 16.3. The molecule has 17 heavy (non-hydrogen) atoms. The van der Waals surface area contributed by atoms with Crippen molar-refractivity contribution >= 4 is 0 Å². The Morgan fingerprint density at radius 2 is 2.18 bits per heavy atom. The summed E-state index contributed by atoms with van der Waals surface area (Å²) in [6.45, 7) is 6.78. The summed E-state index contributed by atoms with van der Waals surface area (Å²) < 4.78 is 0. The molecule has 0 spiro atoms. The van der Waals surface area contributed by atoms with E-state index in [-0.39, 0.29) is 0 Å². The number of aliphatic hydroxyl groups is 1. The molecule has 1 aliphatic carbocycles. The molecule has 1 heterocycles. The summed E-state index contributed by atoms with van der Waals surface area (Å²) in [6, 6.07) is 3.99. The van der Waals surface area contributed by atoms with Gasteiger partial charge in [-0.1, -0.05) is 26.8 Å². The molecule has 0 bridgehead atoms. The minimum atomic E-state index is -0.543. The number of pyridine rings is 1. The summed E-state index contributed by atoms with van der Waals surface area (Å²) in [7, 11) is 0. The number of rotatable bonds is 2. The molecule has 0 aliphatic heterocycles. The molecule has 2 atom stereocenters. The zero-order valence-electron chi connectivity index (χ0n) is 11.1. The van der Waals surface area contributed by atoms with Crippen molar-refractivity contribution < 1.29 is 5.11 Å². The van der Waals surface area contributed by atoms with Gasteiger partial charge in [0.2, 0.25) is 0 Å². The number of aromatic nitrogens is 1. The molecule has 2 unspecified atom stereocenters. The predicted octanol–water partition coefficient (Wildman–Crippen LogP) is 3.20. The van der Waals surface area contributed by atoms with E-state index in [1.165, 1.54) is 0 Å². The Hall–Kier alpha value is -0.890. The standard InChI is InChI=1S/C15H23NO/c1-12-9-14(2,3)6-7-15(12,17)10-13-5-4-8-16-11-13/h4-5,8,11-12,17H,6-7,9-10H2,1-3H3. The SMILES string of the molecule is CC1CC(C)(C)CCC1(O)Cc1cccnc1. The zero-order valence-corrected chi connectivity index (χ0v) is 11.1. The molecule has 1 N–H and O–H groups in total. The zero-order chi connectivity index (χ0) is 12.5. The molecule has 94 valence electrons. The van der Waals surface area contributed by atoms with Crippen LogP contribution in [0.2, 0.25) is 0 Å². The average molecular weight is 233 g/mol. The topological polar surface area (TPSA) is 33.1 Å². The molecule has 0 aromatic carbocycles. The predicted molar refractivity (Wildman–Crippen MR) is 69.7 cm³/mol. The third kappa shape index (κ3) is 2.86.